The van der Waals surface area contributed by atoms with Crippen molar-refractivity contribution in [3.05, 3.63) is 47.9 Å². The number of piperazine rings is 1. The van der Waals surface area contributed by atoms with Crippen LogP contribution in [0, 0.1) is 6.92 Å². The van der Waals surface area contributed by atoms with Gasteiger partial charge in [-0.25, -0.2) is 0 Å². The van der Waals surface area contributed by atoms with Gasteiger partial charge in [-0.05, 0) is 19.1 Å². The molecule has 1 aromatic carbocycles. The third-order valence-corrected chi connectivity index (χ3v) is 6.52. The Kier molecular flexibility index (Phi) is 6.29. The van der Waals surface area contributed by atoms with Crippen LogP contribution in [-0.2, 0) is 4.79 Å². The van der Waals surface area contributed by atoms with E-state index in [0.717, 1.165) is 13.1 Å². The first-order valence-corrected chi connectivity index (χ1v) is 11.2. The van der Waals surface area contributed by atoms with Crippen molar-refractivity contribution < 1.29 is 14.1 Å². The van der Waals surface area contributed by atoms with Gasteiger partial charge in [0.15, 0.2) is 10.0 Å². The number of nitrogens with one attached hydrogen (secondary N) is 1. The summed E-state index contributed by atoms with van der Waals surface area (Å²) in [7, 11) is 0. The van der Waals surface area contributed by atoms with E-state index in [1.54, 1.807) is 13.0 Å². The van der Waals surface area contributed by atoms with Crippen LogP contribution in [0.25, 0.3) is 0 Å². The van der Waals surface area contributed by atoms with Crippen molar-refractivity contribution in [2.45, 2.75) is 11.3 Å². The highest BCUT2D eigenvalue weighted by Gasteiger charge is 2.22. The van der Waals surface area contributed by atoms with E-state index in [1.807, 2.05) is 23.1 Å². The molecule has 0 spiro atoms. The molecule has 1 aliphatic heterocycles. The van der Waals surface area contributed by atoms with E-state index < -0.39 is 5.91 Å². The van der Waals surface area contributed by atoms with Gasteiger partial charge in [0.2, 0.25) is 11.0 Å². The molecular weight excluding hydrogens is 424 g/mol. The van der Waals surface area contributed by atoms with E-state index in [2.05, 4.69) is 37.7 Å². The molecule has 156 valence electrons. The fourth-order valence-electron chi connectivity index (χ4n) is 3.02. The molecule has 1 saturated heterocycles. The largest absolute Gasteiger partial charge is 0.368 e. The van der Waals surface area contributed by atoms with Crippen LogP contribution < -0.4 is 10.2 Å². The van der Waals surface area contributed by atoms with E-state index in [4.69, 9.17) is 4.52 Å². The molecule has 0 bridgehead atoms. The number of para-hydroxylation sites is 1. The number of hydrogen-bond acceptors (Lipinski definition) is 9. The maximum atomic E-state index is 12.5. The van der Waals surface area contributed by atoms with Crippen molar-refractivity contribution in [3.8, 4) is 0 Å². The molecule has 2 aromatic heterocycles. The smallest absolute Gasteiger partial charge is 0.279 e. The molecule has 3 aromatic rings. The minimum Gasteiger partial charge on any atom is -0.368 e. The van der Waals surface area contributed by atoms with E-state index in [9.17, 15) is 9.59 Å². The Morgan fingerprint density at radius 3 is 2.63 bits per heavy atom. The van der Waals surface area contributed by atoms with Crippen LogP contribution in [0.3, 0.4) is 0 Å². The highest BCUT2D eigenvalue weighted by atomic mass is 32.2. The van der Waals surface area contributed by atoms with Crippen molar-refractivity contribution in [1.29, 1.82) is 0 Å². The lowest BCUT2D eigenvalue weighted by Gasteiger charge is -2.36. The molecule has 30 heavy (non-hydrogen) atoms. The summed E-state index contributed by atoms with van der Waals surface area (Å²) in [5, 5.41) is 14.6. The van der Waals surface area contributed by atoms with Crippen molar-refractivity contribution in [2.24, 2.45) is 0 Å². The molecule has 1 aliphatic rings. The van der Waals surface area contributed by atoms with Crippen molar-refractivity contribution >= 4 is 45.7 Å². The Hall–Kier alpha value is -2.92. The third-order valence-electron chi connectivity index (χ3n) is 4.56. The predicted octanol–water partition coefficient (Wildman–Crippen LogP) is 2.53. The second-order valence-electron chi connectivity index (χ2n) is 6.64. The second-order valence-corrected chi connectivity index (χ2v) is 8.84. The van der Waals surface area contributed by atoms with Gasteiger partial charge >= 0.3 is 0 Å². The molecular formula is C19H20N6O3S2. The van der Waals surface area contributed by atoms with Crippen LogP contribution in [0.5, 0.6) is 0 Å². The Labute approximate surface area is 181 Å². The highest BCUT2D eigenvalue weighted by molar-refractivity contribution is 8.01. The first-order chi connectivity index (χ1) is 14.6. The highest BCUT2D eigenvalue weighted by Crippen LogP contribution is 2.26. The van der Waals surface area contributed by atoms with Gasteiger partial charge in [0.25, 0.3) is 5.91 Å². The van der Waals surface area contributed by atoms with Crippen LogP contribution >= 0.6 is 23.1 Å². The molecule has 3 heterocycles. The SMILES string of the molecule is Cc1cc(C(=O)Nc2nnc(SCC(=O)N3CCN(c4ccccc4)CC3)s2)no1. The average molecular weight is 445 g/mol. The molecule has 1 fully saturated rings. The fourth-order valence-corrected chi connectivity index (χ4v) is 4.67. The van der Waals surface area contributed by atoms with Crippen LogP contribution in [0.2, 0.25) is 0 Å². The zero-order valence-corrected chi connectivity index (χ0v) is 17.9. The van der Waals surface area contributed by atoms with Gasteiger partial charge < -0.3 is 14.3 Å². The first kappa shape index (κ1) is 20.4. The van der Waals surface area contributed by atoms with Crippen LogP contribution in [-0.4, -0.2) is 64.0 Å². The Morgan fingerprint density at radius 1 is 1.17 bits per heavy atom. The van der Waals surface area contributed by atoms with Gasteiger partial charge in [0.1, 0.15) is 5.76 Å². The average Bonchev–Trinajstić information content (AvgIpc) is 3.41. The first-order valence-electron chi connectivity index (χ1n) is 9.37. The molecule has 0 unspecified atom stereocenters. The topological polar surface area (TPSA) is 104 Å². The van der Waals surface area contributed by atoms with Crippen molar-refractivity contribution in [3.63, 3.8) is 0 Å². The summed E-state index contributed by atoms with van der Waals surface area (Å²) < 4.78 is 5.51. The number of carbonyl (C=O) groups excluding carboxylic acids is 2. The molecule has 0 saturated carbocycles. The summed E-state index contributed by atoms with van der Waals surface area (Å²) in [6.07, 6.45) is 0. The Balaban J connectivity index is 1.23. The summed E-state index contributed by atoms with van der Waals surface area (Å²) in [5.41, 5.74) is 1.37. The van der Waals surface area contributed by atoms with E-state index >= 15 is 0 Å². The van der Waals surface area contributed by atoms with Crippen LogP contribution in [0.1, 0.15) is 16.2 Å². The normalized spacial score (nSPS) is 14.0. The summed E-state index contributed by atoms with van der Waals surface area (Å²) in [4.78, 5) is 28.8. The molecule has 4 rings (SSSR count). The van der Waals surface area contributed by atoms with Crippen LogP contribution in [0.4, 0.5) is 10.8 Å². The maximum absolute atomic E-state index is 12.5. The number of thioether (sulfide) groups is 1. The standard InChI is InChI=1S/C19H20N6O3S2/c1-13-11-15(23-28-13)17(27)20-18-21-22-19(30-18)29-12-16(26)25-9-7-24(8-10-25)14-5-3-2-4-6-14/h2-6,11H,7-10,12H2,1H3,(H,20,21,27). The molecule has 0 atom stereocenters. The number of benzene rings is 1. The lowest BCUT2D eigenvalue weighted by Crippen LogP contribution is -2.49. The van der Waals surface area contributed by atoms with Gasteiger partial charge in [-0.15, -0.1) is 10.2 Å². The quantitative estimate of drug-likeness (QED) is 0.457. The minimum absolute atomic E-state index is 0.0755. The van der Waals surface area contributed by atoms with Crippen molar-refractivity contribution in [1.82, 2.24) is 20.3 Å². The summed E-state index contributed by atoms with van der Waals surface area (Å²) in [5.74, 6) is 0.506. The second kappa shape index (κ2) is 9.26. The molecule has 0 radical (unpaired) electrons. The molecule has 11 heteroatoms. The number of aryl methyl sites for hydroxylation is 1. The molecule has 9 nitrogen and oxygen atoms in total. The van der Waals surface area contributed by atoms with E-state index in [1.165, 1.54) is 28.8 Å². The molecule has 0 aliphatic carbocycles. The van der Waals surface area contributed by atoms with Gasteiger partial charge in [0.05, 0.1) is 5.75 Å². The summed E-state index contributed by atoms with van der Waals surface area (Å²) in [6.45, 7) is 4.74. The lowest BCUT2D eigenvalue weighted by atomic mass is 10.2. The third kappa shape index (κ3) is 4.97. The number of hydrogen-bond donors (Lipinski definition) is 1. The number of carbonyl (C=O) groups is 2. The fraction of sp³-hybridized carbons (Fsp3) is 0.316. The van der Waals surface area contributed by atoms with Gasteiger partial charge in [0, 0.05) is 37.9 Å². The monoisotopic (exact) mass is 444 g/mol. The van der Waals surface area contributed by atoms with Gasteiger partial charge in [-0.2, -0.15) is 0 Å². The number of nitrogens with zero attached hydrogens (tertiary/aromatic N) is 5. The predicted molar refractivity (Wildman–Crippen MR) is 115 cm³/mol. The maximum Gasteiger partial charge on any atom is 0.279 e. The minimum atomic E-state index is -0.410. The van der Waals surface area contributed by atoms with Gasteiger partial charge in [-0.1, -0.05) is 46.5 Å². The Morgan fingerprint density at radius 2 is 1.93 bits per heavy atom. The number of rotatable bonds is 6. The number of amides is 2. The number of aromatic nitrogens is 3. The zero-order chi connectivity index (χ0) is 20.9. The van der Waals surface area contributed by atoms with E-state index in [0.29, 0.717) is 28.3 Å². The lowest BCUT2D eigenvalue weighted by molar-refractivity contribution is -0.128. The van der Waals surface area contributed by atoms with Gasteiger partial charge in [-0.3, -0.25) is 14.9 Å². The van der Waals surface area contributed by atoms with Crippen LogP contribution in [0.15, 0.2) is 45.3 Å². The van der Waals surface area contributed by atoms with E-state index in [-0.39, 0.29) is 17.4 Å². The zero-order valence-electron chi connectivity index (χ0n) is 16.3. The number of anilines is 2. The summed E-state index contributed by atoms with van der Waals surface area (Å²) in [6, 6.07) is 11.8. The molecule has 1 N–H and O–H groups in total. The molecule has 2 amide bonds. The summed E-state index contributed by atoms with van der Waals surface area (Å²) >= 11 is 2.54. The van der Waals surface area contributed by atoms with Crippen molar-refractivity contribution in [2.75, 3.05) is 42.1 Å². The Bertz CT molecular complexity index is 1010.